The van der Waals surface area contributed by atoms with Gasteiger partial charge in [-0.1, -0.05) is 6.07 Å². The number of hydrogen-bond acceptors (Lipinski definition) is 3. The molecule has 0 aromatic heterocycles. The SMILES string of the molecule is Cc1ccc(C#N)c(CC(=O)O)c1O. The summed E-state index contributed by atoms with van der Waals surface area (Å²) in [7, 11) is 0. The predicted octanol–water partition coefficient (Wildman–Crippen LogP) is 1.20. The van der Waals surface area contributed by atoms with E-state index < -0.39 is 5.97 Å². The number of carboxylic acid groups (broad SMARTS) is 1. The van der Waals surface area contributed by atoms with Crippen LogP contribution in [0.2, 0.25) is 0 Å². The van der Waals surface area contributed by atoms with Crippen molar-refractivity contribution in [3.05, 3.63) is 28.8 Å². The average Bonchev–Trinajstić information content (AvgIpc) is 2.13. The van der Waals surface area contributed by atoms with Crippen LogP contribution in [-0.2, 0) is 11.2 Å². The van der Waals surface area contributed by atoms with Gasteiger partial charge in [0.1, 0.15) is 5.75 Å². The van der Waals surface area contributed by atoms with Crippen molar-refractivity contribution in [1.82, 2.24) is 0 Å². The van der Waals surface area contributed by atoms with Crippen molar-refractivity contribution >= 4 is 5.97 Å². The van der Waals surface area contributed by atoms with Gasteiger partial charge in [0.15, 0.2) is 0 Å². The number of phenols is 1. The zero-order valence-corrected chi connectivity index (χ0v) is 7.61. The van der Waals surface area contributed by atoms with E-state index in [2.05, 4.69) is 0 Å². The second kappa shape index (κ2) is 3.79. The van der Waals surface area contributed by atoms with Crippen LogP contribution in [0.15, 0.2) is 12.1 Å². The minimum atomic E-state index is -1.07. The van der Waals surface area contributed by atoms with Crippen molar-refractivity contribution in [3.8, 4) is 11.8 Å². The van der Waals surface area contributed by atoms with E-state index in [9.17, 15) is 9.90 Å². The van der Waals surface area contributed by atoms with E-state index >= 15 is 0 Å². The quantitative estimate of drug-likeness (QED) is 0.735. The van der Waals surface area contributed by atoms with E-state index in [1.54, 1.807) is 13.0 Å². The molecule has 4 heteroatoms. The number of carbonyl (C=O) groups is 1. The lowest BCUT2D eigenvalue weighted by atomic mass is 10.0. The highest BCUT2D eigenvalue weighted by Crippen LogP contribution is 2.25. The third-order valence-corrected chi connectivity index (χ3v) is 1.93. The first kappa shape index (κ1) is 10.1. The summed E-state index contributed by atoms with van der Waals surface area (Å²) in [5, 5.41) is 26.8. The minimum Gasteiger partial charge on any atom is -0.507 e. The van der Waals surface area contributed by atoms with Gasteiger partial charge in [-0.2, -0.15) is 5.26 Å². The molecule has 0 aliphatic heterocycles. The van der Waals surface area contributed by atoms with Crippen LogP contribution in [0.4, 0.5) is 0 Å². The fourth-order valence-electron chi connectivity index (χ4n) is 1.19. The molecule has 1 aromatic carbocycles. The smallest absolute Gasteiger partial charge is 0.308 e. The number of nitriles is 1. The molecule has 4 nitrogen and oxygen atoms in total. The number of hydrogen-bond donors (Lipinski definition) is 2. The lowest BCUT2D eigenvalue weighted by Gasteiger charge is -2.06. The van der Waals surface area contributed by atoms with Crippen molar-refractivity contribution < 1.29 is 15.0 Å². The summed E-state index contributed by atoms with van der Waals surface area (Å²) in [6.07, 6.45) is -0.337. The molecule has 0 unspecified atom stereocenters. The molecule has 0 saturated carbocycles. The van der Waals surface area contributed by atoms with E-state index in [4.69, 9.17) is 10.4 Å². The number of nitrogens with zero attached hydrogens (tertiary/aromatic N) is 1. The molecule has 1 aromatic rings. The Bertz CT molecular complexity index is 418. The van der Waals surface area contributed by atoms with Gasteiger partial charge in [-0.25, -0.2) is 0 Å². The fourth-order valence-corrected chi connectivity index (χ4v) is 1.19. The second-order valence-electron chi connectivity index (χ2n) is 2.94. The van der Waals surface area contributed by atoms with Crippen LogP contribution in [0.1, 0.15) is 16.7 Å². The first-order valence-corrected chi connectivity index (χ1v) is 3.99. The number of aromatic hydroxyl groups is 1. The van der Waals surface area contributed by atoms with Crippen molar-refractivity contribution in [1.29, 1.82) is 5.26 Å². The molecular weight excluding hydrogens is 182 g/mol. The monoisotopic (exact) mass is 191 g/mol. The van der Waals surface area contributed by atoms with Crippen molar-refractivity contribution in [2.24, 2.45) is 0 Å². The first-order chi connectivity index (χ1) is 6.56. The van der Waals surface area contributed by atoms with Gasteiger partial charge in [0.2, 0.25) is 0 Å². The summed E-state index contributed by atoms with van der Waals surface area (Å²) in [5.41, 5.74) is 0.954. The molecule has 2 N–H and O–H groups in total. The second-order valence-corrected chi connectivity index (χ2v) is 2.94. The van der Waals surface area contributed by atoms with Crippen molar-refractivity contribution in [2.75, 3.05) is 0 Å². The maximum atomic E-state index is 10.5. The van der Waals surface area contributed by atoms with E-state index in [1.807, 2.05) is 6.07 Å². The lowest BCUT2D eigenvalue weighted by Crippen LogP contribution is -2.03. The van der Waals surface area contributed by atoms with Crippen LogP contribution in [0.3, 0.4) is 0 Å². The molecule has 0 atom stereocenters. The zero-order chi connectivity index (χ0) is 10.7. The molecule has 0 aliphatic rings. The Balaban J connectivity index is 3.29. The normalized spacial score (nSPS) is 9.43. The number of rotatable bonds is 2. The first-order valence-electron chi connectivity index (χ1n) is 3.99. The molecule has 0 saturated heterocycles. The van der Waals surface area contributed by atoms with E-state index in [0.717, 1.165) is 0 Å². The summed E-state index contributed by atoms with van der Waals surface area (Å²) in [4.78, 5) is 10.5. The van der Waals surface area contributed by atoms with Gasteiger partial charge in [-0.15, -0.1) is 0 Å². The fraction of sp³-hybridized carbons (Fsp3) is 0.200. The van der Waals surface area contributed by atoms with Crippen LogP contribution >= 0.6 is 0 Å². The van der Waals surface area contributed by atoms with Crippen LogP contribution in [0.5, 0.6) is 5.75 Å². The van der Waals surface area contributed by atoms with Gasteiger partial charge in [0.25, 0.3) is 0 Å². The largest absolute Gasteiger partial charge is 0.507 e. The standard InChI is InChI=1S/C10H9NO3/c1-6-2-3-7(5-11)8(10(6)14)4-9(12)13/h2-3,14H,4H2,1H3,(H,12,13). The Morgan fingerprint density at radius 2 is 2.21 bits per heavy atom. The van der Waals surface area contributed by atoms with Crippen LogP contribution in [0, 0.1) is 18.3 Å². The predicted molar refractivity (Wildman–Crippen MR) is 48.9 cm³/mol. The molecule has 0 fully saturated rings. The molecule has 72 valence electrons. The van der Waals surface area contributed by atoms with Gasteiger partial charge in [-0.05, 0) is 18.6 Å². The summed E-state index contributed by atoms with van der Waals surface area (Å²) < 4.78 is 0. The Hall–Kier alpha value is -2.02. The molecule has 0 heterocycles. The zero-order valence-electron chi connectivity index (χ0n) is 7.61. The Morgan fingerprint density at radius 3 is 2.71 bits per heavy atom. The van der Waals surface area contributed by atoms with Gasteiger partial charge >= 0.3 is 5.97 Å². The molecule has 0 aliphatic carbocycles. The van der Waals surface area contributed by atoms with Crippen LogP contribution in [-0.4, -0.2) is 16.2 Å². The third kappa shape index (κ3) is 1.83. The van der Waals surface area contributed by atoms with E-state index in [-0.39, 0.29) is 23.3 Å². The van der Waals surface area contributed by atoms with E-state index in [0.29, 0.717) is 5.56 Å². The Morgan fingerprint density at radius 1 is 1.57 bits per heavy atom. The van der Waals surface area contributed by atoms with Gasteiger partial charge in [-0.3, -0.25) is 4.79 Å². The highest BCUT2D eigenvalue weighted by Gasteiger charge is 2.13. The van der Waals surface area contributed by atoms with Gasteiger partial charge in [0.05, 0.1) is 18.1 Å². The topological polar surface area (TPSA) is 81.3 Å². The summed E-state index contributed by atoms with van der Waals surface area (Å²) in [6.45, 7) is 1.65. The highest BCUT2D eigenvalue weighted by molar-refractivity contribution is 5.73. The number of carboxylic acids is 1. The molecular formula is C10H9NO3. The van der Waals surface area contributed by atoms with Gasteiger partial charge in [0, 0.05) is 5.56 Å². The minimum absolute atomic E-state index is 0.105. The van der Waals surface area contributed by atoms with Crippen molar-refractivity contribution in [2.45, 2.75) is 13.3 Å². The maximum absolute atomic E-state index is 10.5. The third-order valence-electron chi connectivity index (χ3n) is 1.93. The molecule has 0 amide bonds. The molecule has 0 spiro atoms. The maximum Gasteiger partial charge on any atom is 0.308 e. The summed E-state index contributed by atoms with van der Waals surface area (Å²) in [6, 6.07) is 4.94. The Labute approximate surface area is 81.0 Å². The number of aryl methyl sites for hydroxylation is 1. The average molecular weight is 191 g/mol. The summed E-state index contributed by atoms with van der Waals surface area (Å²) >= 11 is 0. The molecule has 14 heavy (non-hydrogen) atoms. The number of aliphatic carboxylic acids is 1. The summed E-state index contributed by atoms with van der Waals surface area (Å²) in [5.74, 6) is -1.17. The molecule has 0 radical (unpaired) electrons. The van der Waals surface area contributed by atoms with Crippen molar-refractivity contribution in [3.63, 3.8) is 0 Å². The number of phenolic OH excluding ortho intramolecular Hbond substituents is 1. The van der Waals surface area contributed by atoms with Crippen LogP contribution in [0.25, 0.3) is 0 Å². The van der Waals surface area contributed by atoms with Gasteiger partial charge < -0.3 is 10.2 Å². The molecule has 0 bridgehead atoms. The Kier molecular flexibility index (Phi) is 2.73. The van der Waals surface area contributed by atoms with E-state index in [1.165, 1.54) is 6.07 Å². The number of benzene rings is 1. The lowest BCUT2D eigenvalue weighted by molar-refractivity contribution is -0.136. The molecule has 1 rings (SSSR count). The highest BCUT2D eigenvalue weighted by atomic mass is 16.4. The van der Waals surface area contributed by atoms with Crippen LogP contribution < -0.4 is 0 Å².